The summed E-state index contributed by atoms with van der Waals surface area (Å²) in [6.45, 7) is 2.57. The van der Waals surface area contributed by atoms with Gasteiger partial charge >= 0.3 is 0 Å². The Labute approximate surface area is 115 Å². The summed E-state index contributed by atoms with van der Waals surface area (Å²) in [5, 5.41) is 4.58. The number of aryl methyl sites for hydroxylation is 1. The molecule has 0 fully saturated rings. The highest BCUT2D eigenvalue weighted by molar-refractivity contribution is 6.31. The molecule has 0 amide bonds. The van der Waals surface area contributed by atoms with Crippen LogP contribution in [-0.2, 0) is 13.0 Å². The van der Waals surface area contributed by atoms with Crippen LogP contribution in [0, 0.1) is 11.6 Å². The van der Waals surface area contributed by atoms with E-state index in [0.717, 1.165) is 12.1 Å². The molecule has 1 aromatic carbocycles. The van der Waals surface area contributed by atoms with Crippen LogP contribution in [0.15, 0.2) is 24.4 Å². The predicted molar refractivity (Wildman–Crippen MR) is 69.9 cm³/mol. The van der Waals surface area contributed by atoms with E-state index < -0.39 is 17.7 Å². The molecule has 1 unspecified atom stereocenters. The third-order valence-corrected chi connectivity index (χ3v) is 3.21. The fourth-order valence-corrected chi connectivity index (χ4v) is 2.29. The standard InChI is InChI=1S/C13H14ClF2N3/c1-2-19-13(9(14)7-18-19)12(17)6-8-3-4-10(15)11(16)5-8/h3-5,7,12H,2,6,17H2,1H3. The summed E-state index contributed by atoms with van der Waals surface area (Å²) >= 11 is 6.04. The molecule has 1 atom stereocenters. The predicted octanol–water partition coefficient (Wildman–Crippen LogP) is 3.08. The molecule has 102 valence electrons. The average molecular weight is 286 g/mol. The third-order valence-electron chi connectivity index (χ3n) is 2.92. The van der Waals surface area contributed by atoms with Crippen molar-refractivity contribution in [3.05, 3.63) is 52.3 Å². The smallest absolute Gasteiger partial charge is 0.159 e. The van der Waals surface area contributed by atoms with Crippen LogP contribution in [0.3, 0.4) is 0 Å². The van der Waals surface area contributed by atoms with Crippen molar-refractivity contribution in [2.45, 2.75) is 25.9 Å². The Kier molecular flexibility index (Phi) is 4.17. The van der Waals surface area contributed by atoms with Gasteiger partial charge in [-0.25, -0.2) is 8.78 Å². The van der Waals surface area contributed by atoms with E-state index in [4.69, 9.17) is 17.3 Å². The van der Waals surface area contributed by atoms with Crippen molar-refractivity contribution in [3.8, 4) is 0 Å². The van der Waals surface area contributed by atoms with Crippen molar-refractivity contribution in [1.82, 2.24) is 9.78 Å². The summed E-state index contributed by atoms with van der Waals surface area (Å²) < 4.78 is 27.7. The second kappa shape index (κ2) is 5.67. The number of halogens is 3. The molecule has 0 radical (unpaired) electrons. The van der Waals surface area contributed by atoms with Gasteiger partial charge in [-0.15, -0.1) is 0 Å². The van der Waals surface area contributed by atoms with Crippen molar-refractivity contribution in [1.29, 1.82) is 0 Å². The van der Waals surface area contributed by atoms with E-state index in [1.807, 2.05) is 6.92 Å². The van der Waals surface area contributed by atoms with Crippen LogP contribution in [-0.4, -0.2) is 9.78 Å². The van der Waals surface area contributed by atoms with Gasteiger partial charge in [0.1, 0.15) is 0 Å². The Hall–Kier alpha value is -1.46. The molecular formula is C13H14ClF2N3. The zero-order valence-electron chi connectivity index (χ0n) is 10.4. The number of rotatable bonds is 4. The van der Waals surface area contributed by atoms with Crippen LogP contribution in [0.25, 0.3) is 0 Å². The Bertz CT molecular complexity index is 583. The minimum absolute atomic E-state index is 0.364. The number of nitrogens with zero attached hydrogens (tertiary/aromatic N) is 2. The molecule has 0 saturated heterocycles. The second-order valence-electron chi connectivity index (χ2n) is 4.25. The molecule has 0 spiro atoms. The van der Waals surface area contributed by atoms with E-state index in [1.165, 1.54) is 12.3 Å². The molecular weight excluding hydrogens is 272 g/mol. The first kappa shape index (κ1) is 14.0. The van der Waals surface area contributed by atoms with Gasteiger partial charge in [0.2, 0.25) is 0 Å². The first-order valence-corrected chi connectivity index (χ1v) is 6.31. The van der Waals surface area contributed by atoms with Gasteiger partial charge in [-0.05, 0) is 31.0 Å². The largest absolute Gasteiger partial charge is 0.322 e. The minimum atomic E-state index is -0.875. The molecule has 0 saturated carbocycles. The van der Waals surface area contributed by atoms with Crippen molar-refractivity contribution in [2.24, 2.45) is 5.73 Å². The van der Waals surface area contributed by atoms with Gasteiger partial charge < -0.3 is 5.73 Å². The maximum atomic E-state index is 13.1. The third kappa shape index (κ3) is 2.93. The van der Waals surface area contributed by atoms with Crippen LogP contribution in [0.2, 0.25) is 5.02 Å². The Balaban J connectivity index is 2.22. The van der Waals surface area contributed by atoms with Gasteiger partial charge in [0.15, 0.2) is 11.6 Å². The Morgan fingerprint density at radius 2 is 2.11 bits per heavy atom. The second-order valence-corrected chi connectivity index (χ2v) is 4.66. The van der Waals surface area contributed by atoms with Crippen LogP contribution >= 0.6 is 11.6 Å². The van der Waals surface area contributed by atoms with E-state index in [0.29, 0.717) is 29.2 Å². The summed E-state index contributed by atoms with van der Waals surface area (Å²) in [7, 11) is 0. The topological polar surface area (TPSA) is 43.8 Å². The molecule has 2 N–H and O–H groups in total. The van der Waals surface area contributed by atoms with Crippen LogP contribution < -0.4 is 5.73 Å². The van der Waals surface area contributed by atoms with Crippen LogP contribution in [0.1, 0.15) is 24.2 Å². The molecule has 2 rings (SSSR count). The SMILES string of the molecule is CCn1ncc(Cl)c1C(N)Cc1ccc(F)c(F)c1. The van der Waals surface area contributed by atoms with E-state index in [-0.39, 0.29) is 0 Å². The number of nitrogens with two attached hydrogens (primary N) is 1. The lowest BCUT2D eigenvalue weighted by molar-refractivity contribution is 0.505. The van der Waals surface area contributed by atoms with Crippen molar-refractivity contribution in [2.75, 3.05) is 0 Å². The van der Waals surface area contributed by atoms with Gasteiger partial charge in [0.25, 0.3) is 0 Å². The molecule has 2 aromatic rings. The van der Waals surface area contributed by atoms with Gasteiger partial charge in [-0.3, -0.25) is 4.68 Å². The van der Waals surface area contributed by atoms with Gasteiger partial charge in [-0.2, -0.15) is 5.10 Å². The number of aromatic nitrogens is 2. The van der Waals surface area contributed by atoms with Crippen molar-refractivity contribution in [3.63, 3.8) is 0 Å². The highest BCUT2D eigenvalue weighted by Crippen LogP contribution is 2.24. The molecule has 0 aliphatic rings. The lowest BCUT2D eigenvalue weighted by Gasteiger charge is -2.14. The molecule has 19 heavy (non-hydrogen) atoms. The Morgan fingerprint density at radius 3 is 2.74 bits per heavy atom. The molecule has 0 aliphatic carbocycles. The van der Waals surface area contributed by atoms with Crippen molar-refractivity contribution < 1.29 is 8.78 Å². The van der Waals surface area contributed by atoms with Crippen LogP contribution in [0.5, 0.6) is 0 Å². The maximum absolute atomic E-state index is 13.1. The number of hydrogen-bond acceptors (Lipinski definition) is 2. The summed E-state index contributed by atoms with van der Waals surface area (Å²) in [6, 6.07) is 3.34. The minimum Gasteiger partial charge on any atom is -0.322 e. The Morgan fingerprint density at radius 1 is 1.37 bits per heavy atom. The quantitative estimate of drug-likeness (QED) is 0.938. The maximum Gasteiger partial charge on any atom is 0.159 e. The normalized spacial score (nSPS) is 12.7. The molecule has 6 heteroatoms. The molecule has 1 aromatic heterocycles. The lowest BCUT2D eigenvalue weighted by Crippen LogP contribution is -2.18. The lowest BCUT2D eigenvalue weighted by atomic mass is 10.0. The van der Waals surface area contributed by atoms with E-state index in [1.54, 1.807) is 4.68 Å². The average Bonchev–Trinajstić information content (AvgIpc) is 2.75. The van der Waals surface area contributed by atoms with Gasteiger partial charge in [0.05, 0.1) is 23.0 Å². The monoisotopic (exact) mass is 285 g/mol. The zero-order valence-corrected chi connectivity index (χ0v) is 11.2. The fraction of sp³-hybridized carbons (Fsp3) is 0.308. The highest BCUT2D eigenvalue weighted by Gasteiger charge is 2.17. The molecule has 1 heterocycles. The summed E-state index contributed by atoms with van der Waals surface area (Å²) in [4.78, 5) is 0. The summed E-state index contributed by atoms with van der Waals surface area (Å²) in [6.07, 6.45) is 1.90. The zero-order chi connectivity index (χ0) is 14.0. The van der Waals surface area contributed by atoms with E-state index in [9.17, 15) is 8.78 Å². The van der Waals surface area contributed by atoms with Gasteiger partial charge in [-0.1, -0.05) is 17.7 Å². The fourth-order valence-electron chi connectivity index (χ4n) is 2.01. The van der Waals surface area contributed by atoms with E-state index in [2.05, 4.69) is 5.10 Å². The molecule has 3 nitrogen and oxygen atoms in total. The summed E-state index contributed by atoms with van der Waals surface area (Å²) in [5.74, 6) is -1.74. The highest BCUT2D eigenvalue weighted by atomic mass is 35.5. The number of benzene rings is 1. The van der Waals surface area contributed by atoms with Crippen molar-refractivity contribution >= 4 is 11.6 Å². The van der Waals surface area contributed by atoms with Gasteiger partial charge in [0, 0.05) is 6.54 Å². The van der Waals surface area contributed by atoms with E-state index >= 15 is 0 Å². The molecule has 0 bridgehead atoms. The molecule has 0 aliphatic heterocycles. The number of hydrogen-bond donors (Lipinski definition) is 1. The van der Waals surface area contributed by atoms with Crippen LogP contribution in [0.4, 0.5) is 8.78 Å². The summed E-state index contributed by atoms with van der Waals surface area (Å²) in [5.41, 5.74) is 7.39. The first-order valence-electron chi connectivity index (χ1n) is 5.93. The first-order chi connectivity index (χ1) is 9.02.